The van der Waals surface area contributed by atoms with Crippen molar-refractivity contribution < 1.29 is 9.59 Å². The van der Waals surface area contributed by atoms with E-state index < -0.39 is 0 Å². The van der Waals surface area contributed by atoms with E-state index >= 15 is 0 Å². The van der Waals surface area contributed by atoms with E-state index in [1.165, 1.54) is 12.1 Å². The summed E-state index contributed by atoms with van der Waals surface area (Å²) >= 11 is 5.75. The minimum Gasteiger partial charge on any atom is -0.321 e. The van der Waals surface area contributed by atoms with Crippen LogP contribution in [0.5, 0.6) is 0 Å². The molecule has 1 heterocycles. The van der Waals surface area contributed by atoms with Crippen LogP contribution in [0.4, 0.5) is 5.69 Å². The molecule has 1 N–H and O–H groups in total. The molecule has 0 unspecified atom stereocenters. The number of hydrogen-bond acceptors (Lipinski definition) is 3. The SMILES string of the molecule is CN1N=C(C(=O)Nc2ccc(Cl)cc2)CCC1=O. The molecule has 1 aromatic rings. The minimum atomic E-state index is -0.295. The van der Waals surface area contributed by atoms with Crippen LogP contribution in [0.3, 0.4) is 0 Å². The number of amides is 2. The zero-order valence-corrected chi connectivity index (χ0v) is 10.6. The molecule has 6 heteroatoms. The molecule has 2 amide bonds. The Bertz CT molecular complexity index is 511. The summed E-state index contributed by atoms with van der Waals surface area (Å²) in [5.41, 5.74) is 0.999. The van der Waals surface area contributed by atoms with Crippen LogP contribution < -0.4 is 5.32 Å². The van der Waals surface area contributed by atoms with Crippen molar-refractivity contribution in [3.05, 3.63) is 29.3 Å². The highest BCUT2D eigenvalue weighted by Crippen LogP contribution is 2.14. The zero-order chi connectivity index (χ0) is 13.1. The lowest BCUT2D eigenvalue weighted by Crippen LogP contribution is -2.34. The number of benzene rings is 1. The van der Waals surface area contributed by atoms with E-state index in [0.717, 1.165) is 0 Å². The average molecular weight is 266 g/mol. The lowest BCUT2D eigenvalue weighted by molar-refractivity contribution is -0.130. The molecule has 18 heavy (non-hydrogen) atoms. The number of hydrazone groups is 1. The Labute approximate surface area is 109 Å². The van der Waals surface area contributed by atoms with Gasteiger partial charge in [-0.1, -0.05) is 11.6 Å². The third-order valence-electron chi connectivity index (χ3n) is 2.57. The van der Waals surface area contributed by atoms with Crippen LogP contribution in [0.15, 0.2) is 29.4 Å². The zero-order valence-electron chi connectivity index (χ0n) is 9.81. The van der Waals surface area contributed by atoms with Crippen molar-refractivity contribution in [2.45, 2.75) is 12.8 Å². The smallest absolute Gasteiger partial charge is 0.271 e. The summed E-state index contributed by atoms with van der Waals surface area (Å²) in [4.78, 5) is 23.1. The van der Waals surface area contributed by atoms with E-state index in [-0.39, 0.29) is 11.8 Å². The summed E-state index contributed by atoms with van der Waals surface area (Å²) in [7, 11) is 1.54. The van der Waals surface area contributed by atoms with Crippen molar-refractivity contribution >= 4 is 34.8 Å². The maximum Gasteiger partial charge on any atom is 0.271 e. The fourth-order valence-electron chi connectivity index (χ4n) is 1.57. The van der Waals surface area contributed by atoms with Crippen molar-refractivity contribution in [1.29, 1.82) is 0 Å². The van der Waals surface area contributed by atoms with Gasteiger partial charge in [0.2, 0.25) is 5.91 Å². The van der Waals surface area contributed by atoms with E-state index in [1.807, 2.05) is 0 Å². The first kappa shape index (κ1) is 12.6. The Balaban J connectivity index is 2.06. The fraction of sp³-hybridized carbons (Fsp3) is 0.250. The predicted molar refractivity (Wildman–Crippen MR) is 69.5 cm³/mol. The van der Waals surface area contributed by atoms with Gasteiger partial charge in [0.15, 0.2) is 0 Å². The van der Waals surface area contributed by atoms with Crippen LogP contribution in [-0.2, 0) is 9.59 Å². The van der Waals surface area contributed by atoms with Crippen molar-refractivity contribution in [3.63, 3.8) is 0 Å². The van der Waals surface area contributed by atoms with E-state index in [0.29, 0.717) is 29.3 Å². The summed E-state index contributed by atoms with van der Waals surface area (Å²) in [6, 6.07) is 6.79. The Kier molecular flexibility index (Phi) is 3.62. The second-order valence-electron chi connectivity index (χ2n) is 3.93. The highest BCUT2D eigenvalue weighted by molar-refractivity contribution is 6.43. The van der Waals surface area contributed by atoms with Gasteiger partial charge in [0.05, 0.1) is 0 Å². The molecule has 1 aliphatic heterocycles. The fourth-order valence-corrected chi connectivity index (χ4v) is 1.70. The van der Waals surface area contributed by atoms with Crippen molar-refractivity contribution in [2.24, 2.45) is 5.10 Å². The third-order valence-corrected chi connectivity index (χ3v) is 2.82. The number of nitrogens with one attached hydrogen (secondary N) is 1. The maximum absolute atomic E-state index is 11.9. The van der Waals surface area contributed by atoms with Crippen LogP contribution in [0.1, 0.15) is 12.8 Å². The van der Waals surface area contributed by atoms with Crippen molar-refractivity contribution in [2.75, 3.05) is 12.4 Å². The van der Waals surface area contributed by atoms with Gasteiger partial charge in [-0.25, -0.2) is 5.01 Å². The average Bonchev–Trinajstić information content (AvgIpc) is 2.35. The highest BCUT2D eigenvalue weighted by atomic mass is 35.5. The molecular weight excluding hydrogens is 254 g/mol. The third kappa shape index (κ3) is 2.87. The molecule has 0 radical (unpaired) electrons. The summed E-state index contributed by atoms with van der Waals surface area (Å²) in [5.74, 6) is -0.380. The van der Waals surface area contributed by atoms with Gasteiger partial charge in [0.1, 0.15) is 5.71 Å². The molecule has 0 bridgehead atoms. The standard InChI is InChI=1S/C12H12ClN3O2/c1-16-11(17)7-6-10(15-16)12(18)14-9-4-2-8(13)3-5-9/h2-5H,6-7H2,1H3,(H,14,18). The topological polar surface area (TPSA) is 61.8 Å². The van der Waals surface area contributed by atoms with Gasteiger partial charge in [-0.15, -0.1) is 0 Å². The molecule has 94 valence electrons. The van der Waals surface area contributed by atoms with Crippen LogP contribution in [0.25, 0.3) is 0 Å². The first-order valence-corrected chi connectivity index (χ1v) is 5.85. The maximum atomic E-state index is 11.9. The van der Waals surface area contributed by atoms with E-state index in [4.69, 9.17) is 11.6 Å². The quantitative estimate of drug-likeness (QED) is 0.888. The van der Waals surface area contributed by atoms with Crippen LogP contribution in [0.2, 0.25) is 5.02 Å². The monoisotopic (exact) mass is 265 g/mol. The predicted octanol–water partition coefficient (Wildman–Crippen LogP) is 1.89. The largest absolute Gasteiger partial charge is 0.321 e. The number of carbonyl (C=O) groups is 2. The summed E-state index contributed by atoms with van der Waals surface area (Å²) < 4.78 is 0. The van der Waals surface area contributed by atoms with E-state index in [9.17, 15) is 9.59 Å². The molecular formula is C12H12ClN3O2. The second-order valence-corrected chi connectivity index (χ2v) is 4.36. The van der Waals surface area contributed by atoms with Crippen molar-refractivity contribution in [1.82, 2.24) is 5.01 Å². The number of rotatable bonds is 2. The van der Waals surface area contributed by atoms with Gasteiger partial charge >= 0.3 is 0 Å². The molecule has 5 nitrogen and oxygen atoms in total. The highest BCUT2D eigenvalue weighted by Gasteiger charge is 2.21. The molecule has 0 spiro atoms. The summed E-state index contributed by atoms with van der Waals surface area (Å²) in [5, 5.41) is 8.45. The van der Waals surface area contributed by atoms with Crippen LogP contribution in [0, 0.1) is 0 Å². The van der Waals surface area contributed by atoms with E-state index in [1.54, 1.807) is 24.3 Å². The van der Waals surface area contributed by atoms with Gasteiger partial charge < -0.3 is 5.32 Å². The molecule has 0 saturated carbocycles. The number of anilines is 1. The first-order valence-electron chi connectivity index (χ1n) is 5.47. The lowest BCUT2D eigenvalue weighted by Gasteiger charge is -2.18. The second kappa shape index (κ2) is 5.18. The van der Waals surface area contributed by atoms with Crippen LogP contribution >= 0.6 is 11.6 Å². The molecule has 0 fully saturated rings. The molecule has 0 atom stereocenters. The molecule has 0 aromatic heterocycles. The molecule has 0 aliphatic carbocycles. The Hall–Kier alpha value is -1.88. The molecule has 2 rings (SSSR count). The molecule has 1 aliphatic rings. The number of halogens is 1. The molecule has 0 saturated heterocycles. The van der Waals surface area contributed by atoms with Gasteiger partial charge in [0, 0.05) is 30.6 Å². The summed E-state index contributed by atoms with van der Waals surface area (Å²) in [6.45, 7) is 0. The molecule has 1 aromatic carbocycles. The number of nitrogens with zero attached hydrogens (tertiary/aromatic N) is 2. The summed E-state index contributed by atoms with van der Waals surface area (Å²) in [6.07, 6.45) is 0.673. The lowest BCUT2D eigenvalue weighted by atomic mass is 10.1. The van der Waals surface area contributed by atoms with Crippen molar-refractivity contribution in [3.8, 4) is 0 Å². The Morgan fingerprint density at radius 2 is 2.00 bits per heavy atom. The Morgan fingerprint density at radius 3 is 2.61 bits per heavy atom. The van der Waals surface area contributed by atoms with Gasteiger partial charge in [-0.2, -0.15) is 5.10 Å². The minimum absolute atomic E-state index is 0.0851. The number of carbonyl (C=O) groups excluding carboxylic acids is 2. The van der Waals surface area contributed by atoms with E-state index in [2.05, 4.69) is 10.4 Å². The number of hydrogen-bond donors (Lipinski definition) is 1. The normalized spacial score (nSPS) is 15.3. The van der Waals surface area contributed by atoms with Gasteiger partial charge in [-0.05, 0) is 24.3 Å². The Morgan fingerprint density at radius 1 is 1.33 bits per heavy atom. The van der Waals surface area contributed by atoms with Gasteiger partial charge in [-0.3, -0.25) is 9.59 Å². The van der Waals surface area contributed by atoms with Crippen LogP contribution in [-0.4, -0.2) is 29.6 Å². The first-order chi connectivity index (χ1) is 8.56. The van der Waals surface area contributed by atoms with Gasteiger partial charge in [0.25, 0.3) is 5.91 Å².